The lowest BCUT2D eigenvalue weighted by atomic mass is 10.1. The number of hydrogen-bond donors (Lipinski definition) is 2. The number of carbonyl (C=O) groups excluding carboxylic acids is 1. The Kier molecular flexibility index (Phi) is 3.06. The second kappa shape index (κ2) is 4.49. The van der Waals surface area contributed by atoms with Crippen LogP contribution in [0.3, 0.4) is 0 Å². The van der Waals surface area contributed by atoms with Crippen molar-refractivity contribution >= 4 is 5.91 Å². The minimum Gasteiger partial charge on any atom is -0.469 e. The van der Waals surface area contributed by atoms with Gasteiger partial charge in [-0.25, -0.2) is 0 Å². The molecule has 2 rings (SSSR count). The molecule has 2 N–H and O–H groups in total. The van der Waals surface area contributed by atoms with Gasteiger partial charge in [-0.2, -0.15) is 0 Å². The quantitative estimate of drug-likeness (QED) is 0.777. The largest absolute Gasteiger partial charge is 0.469 e. The number of rotatable bonds is 3. The Hall–Kier alpha value is -1.29. The van der Waals surface area contributed by atoms with E-state index >= 15 is 0 Å². The third-order valence-electron chi connectivity index (χ3n) is 2.71. The van der Waals surface area contributed by atoms with E-state index in [-0.39, 0.29) is 5.91 Å². The summed E-state index contributed by atoms with van der Waals surface area (Å²) in [5.74, 6) is 1.29. The van der Waals surface area contributed by atoms with Crippen LogP contribution in [0.2, 0.25) is 0 Å². The lowest BCUT2D eigenvalue weighted by Crippen LogP contribution is -2.29. The Morgan fingerprint density at radius 3 is 3.20 bits per heavy atom. The topological polar surface area (TPSA) is 54.3 Å². The Bertz CT molecular complexity index is 340. The molecule has 1 saturated heterocycles. The third kappa shape index (κ3) is 2.59. The standard InChI is InChI=1S/C11H16N2O2/c1-8-4-10(7-15-8)11(14)13-6-9-2-3-12-5-9/h4,7,9,12H,2-3,5-6H2,1H3,(H,13,14). The number of nitrogens with one attached hydrogen (secondary N) is 2. The molecular weight excluding hydrogens is 192 g/mol. The highest BCUT2D eigenvalue weighted by atomic mass is 16.3. The Labute approximate surface area is 89.0 Å². The third-order valence-corrected chi connectivity index (χ3v) is 2.71. The van der Waals surface area contributed by atoms with E-state index in [9.17, 15) is 4.79 Å². The molecule has 0 spiro atoms. The molecule has 0 bridgehead atoms. The summed E-state index contributed by atoms with van der Waals surface area (Å²) in [6.45, 7) is 4.64. The van der Waals surface area contributed by atoms with E-state index in [0.717, 1.165) is 31.8 Å². The van der Waals surface area contributed by atoms with Gasteiger partial charge in [0, 0.05) is 6.54 Å². The summed E-state index contributed by atoms with van der Waals surface area (Å²) in [7, 11) is 0. The van der Waals surface area contributed by atoms with Crippen LogP contribution in [0.1, 0.15) is 22.5 Å². The molecule has 1 aromatic heterocycles. The van der Waals surface area contributed by atoms with Crippen molar-refractivity contribution in [2.24, 2.45) is 5.92 Å². The van der Waals surface area contributed by atoms with E-state index in [2.05, 4.69) is 10.6 Å². The van der Waals surface area contributed by atoms with Crippen molar-refractivity contribution in [1.29, 1.82) is 0 Å². The summed E-state index contributed by atoms with van der Waals surface area (Å²) in [6.07, 6.45) is 2.64. The fourth-order valence-electron chi connectivity index (χ4n) is 1.79. The normalized spacial score (nSPS) is 20.5. The molecule has 1 aromatic rings. The fraction of sp³-hybridized carbons (Fsp3) is 0.545. The highest BCUT2D eigenvalue weighted by molar-refractivity contribution is 5.93. The van der Waals surface area contributed by atoms with E-state index in [4.69, 9.17) is 4.42 Å². The van der Waals surface area contributed by atoms with Gasteiger partial charge >= 0.3 is 0 Å². The average Bonchev–Trinajstić information content (AvgIpc) is 2.84. The molecule has 1 fully saturated rings. The lowest BCUT2D eigenvalue weighted by Gasteiger charge is -2.08. The second-order valence-electron chi connectivity index (χ2n) is 4.01. The average molecular weight is 208 g/mol. The molecule has 1 unspecified atom stereocenters. The van der Waals surface area contributed by atoms with Crippen molar-refractivity contribution in [2.45, 2.75) is 13.3 Å². The van der Waals surface area contributed by atoms with Crippen molar-refractivity contribution < 1.29 is 9.21 Å². The molecule has 1 atom stereocenters. The van der Waals surface area contributed by atoms with E-state index in [1.165, 1.54) is 6.26 Å². The highest BCUT2D eigenvalue weighted by Crippen LogP contribution is 2.08. The molecule has 1 aliphatic rings. The van der Waals surface area contributed by atoms with Crippen LogP contribution in [-0.4, -0.2) is 25.5 Å². The lowest BCUT2D eigenvalue weighted by molar-refractivity contribution is 0.0947. The van der Waals surface area contributed by atoms with Gasteiger partial charge in [-0.3, -0.25) is 4.79 Å². The van der Waals surface area contributed by atoms with Gasteiger partial charge < -0.3 is 15.1 Å². The summed E-state index contributed by atoms with van der Waals surface area (Å²) in [5.41, 5.74) is 0.610. The summed E-state index contributed by atoms with van der Waals surface area (Å²) in [6, 6.07) is 1.75. The minimum atomic E-state index is -0.0428. The number of aryl methyl sites for hydroxylation is 1. The monoisotopic (exact) mass is 208 g/mol. The molecule has 15 heavy (non-hydrogen) atoms. The van der Waals surface area contributed by atoms with E-state index in [1.54, 1.807) is 6.07 Å². The van der Waals surface area contributed by atoms with Crippen molar-refractivity contribution in [1.82, 2.24) is 10.6 Å². The van der Waals surface area contributed by atoms with Gasteiger partial charge in [0.15, 0.2) is 0 Å². The maximum absolute atomic E-state index is 11.6. The maximum Gasteiger partial charge on any atom is 0.254 e. The van der Waals surface area contributed by atoms with Gasteiger partial charge in [0.2, 0.25) is 0 Å². The van der Waals surface area contributed by atoms with Crippen LogP contribution >= 0.6 is 0 Å². The van der Waals surface area contributed by atoms with Gasteiger partial charge in [-0.05, 0) is 38.4 Å². The van der Waals surface area contributed by atoms with Gasteiger partial charge in [0.25, 0.3) is 5.91 Å². The molecule has 0 aromatic carbocycles. The second-order valence-corrected chi connectivity index (χ2v) is 4.01. The molecule has 4 nitrogen and oxygen atoms in total. The predicted octanol–water partition coefficient (Wildman–Crippen LogP) is 0.927. The molecule has 4 heteroatoms. The van der Waals surface area contributed by atoms with Crippen LogP contribution in [0.5, 0.6) is 0 Å². The summed E-state index contributed by atoms with van der Waals surface area (Å²) >= 11 is 0. The van der Waals surface area contributed by atoms with Gasteiger partial charge in [-0.15, -0.1) is 0 Å². The molecule has 0 radical (unpaired) electrons. The van der Waals surface area contributed by atoms with Crippen LogP contribution in [0.15, 0.2) is 16.7 Å². The molecule has 82 valence electrons. The molecule has 2 heterocycles. The van der Waals surface area contributed by atoms with Gasteiger partial charge in [-0.1, -0.05) is 0 Å². The van der Waals surface area contributed by atoms with Crippen molar-refractivity contribution in [3.8, 4) is 0 Å². The van der Waals surface area contributed by atoms with Crippen molar-refractivity contribution in [3.05, 3.63) is 23.7 Å². The number of carbonyl (C=O) groups is 1. The fourth-order valence-corrected chi connectivity index (χ4v) is 1.79. The predicted molar refractivity (Wildman–Crippen MR) is 56.8 cm³/mol. The zero-order valence-electron chi connectivity index (χ0n) is 8.88. The van der Waals surface area contributed by atoms with Crippen LogP contribution in [0.25, 0.3) is 0 Å². The van der Waals surface area contributed by atoms with Crippen molar-refractivity contribution in [2.75, 3.05) is 19.6 Å². The Morgan fingerprint density at radius 2 is 2.60 bits per heavy atom. The summed E-state index contributed by atoms with van der Waals surface area (Å²) < 4.78 is 5.08. The van der Waals surface area contributed by atoms with E-state index in [1.807, 2.05) is 6.92 Å². The molecule has 1 amide bonds. The SMILES string of the molecule is Cc1cc(C(=O)NCC2CCNC2)co1. The van der Waals surface area contributed by atoms with Crippen molar-refractivity contribution in [3.63, 3.8) is 0 Å². The maximum atomic E-state index is 11.6. The molecule has 0 aliphatic carbocycles. The van der Waals surface area contributed by atoms with Crippen LogP contribution in [0, 0.1) is 12.8 Å². The molecular formula is C11H16N2O2. The summed E-state index contributed by atoms with van der Waals surface area (Å²) in [4.78, 5) is 11.6. The highest BCUT2D eigenvalue weighted by Gasteiger charge is 2.16. The first-order valence-electron chi connectivity index (χ1n) is 5.30. The smallest absolute Gasteiger partial charge is 0.254 e. The van der Waals surface area contributed by atoms with Gasteiger partial charge in [0.05, 0.1) is 5.56 Å². The first-order valence-corrected chi connectivity index (χ1v) is 5.30. The first-order chi connectivity index (χ1) is 7.25. The summed E-state index contributed by atoms with van der Waals surface area (Å²) in [5, 5.41) is 6.19. The van der Waals surface area contributed by atoms with Crippen LogP contribution in [-0.2, 0) is 0 Å². The number of hydrogen-bond acceptors (Lipinski definition) is 3. The van der Waals surface area contributed by atoms with Crippen LogP contribution in [0.4, 0.5) is 0 Å². The van der Waals surface area contributed by atoms with Crippen LogP contribution < -0.4 is 10.6 Å². The number of amides is 1. The zero-order chi connectivity index (χ0) is 10.7. The van der Waals surface area contributed by atoms with E-state index in [0.29, 0.717) is 11.5 Å². The molecule has 1 aliphatic heterocycles. The van der Waals surface area contributed by atoms with E-state index < -0.39 is 0 Å². The molecule has 0 saturated carbocycles. The Balaban J connectivity index is 1.81. The zero-order valence-corrected chi connectivity index (χ0v) is 8.88. The first kappa shape index (κ1) is 10.2. The van der Waals surface area contributed by atoms with Gasteiger partial charge in [0.1, 0.15) is 12.0 Å². The number of furan rings is 1. The Morgan fingerprint density at radius 1 is 1.73 bits per heavy atom. The minimum absolute atomic E-state index is 0.0428.